The van der Waals surface area contributed by atoms with E-state index in [1.165, 1.54) is 0 Å². The predicted octanol–water partition coefficient (Wildman–Crippen LogP) is 7.53. The topological polar surface area (TPSA) is 50.8 Å². The van der Waals surface area contributed by atoms with E-state index in [1.54, 1.807) is 0 Å². The molecular formula is C32H19N3. The van der Waals surface area contributed by atoms with Crippen LogP contribution in [0.1, 0.15) is 0 Å². The predicted molar refractivity (Wildman–Crippen MR) is 143 cm³/mol. The van der Waals surface area contributed by atoms with Gasteiger partial charge in [0.1, 0.15) is 17.7 Å². The van der Waals surface area contributed by atoms with E-state index in [9.17, 15) is 10.5 Å². The van der Waals surface area contributed by atoms with Gasteiger partial charge in [0.05, 0.1) is 5.69 Å². The van der Waals surface area contributed by atoms with Crippen molar-refractivity contribution in [2.45, 2.75) is 0 Å². The summed E-state index contributed by atoms with van der Waals surface area (Å²) in [5.74, 6) is 0. The quantitative estimate of drug-likeness (QED) is 0.209. The molecular weight excluding hydrogens is 426 g/mol. The third-order valence-corrected chi connectivity index (χ3v) is 6.52. The van der Waals surface area contributed by atoms with Crippen LogP contribution < -0.4 is 10.1 Å². The van der Waals surface area contributed by atoms with Gasteiger partial charge in [0.2, 0.25) is 0 Å². The van der Waals surface area contributed by atoms with Crippen molar-refractivity contribution in [1.82, 2.24) is 0 Å². The summed E-state index contributed by atoms with van der Waals surface area (Å²) in [7, 11) is 0. The third kappa shape index (κ3) is 3.19. The second-order valence-electron chi connectivity index (χ2n) is 8.39. The molecule has 0 amide bonds. The SMILES string of the molecule is N#CC(C#N)=c1c2ccccc2c2ccc(N(c3ccccc3)c3ccccc3)c3cccc1c32. The van der Waals surface area contributed by atoms with Crippen molar-refractivity contribution < 1.29 is 0 Å². The van der Waals surface area contributed by atoms with Crippen LogP contribution in [0.25, 0.3) is 37.9 Å². The standard InChI is InChI=1S/C32H19N3/c33-20-22(21-34)31-26-15-8-7-14-25(26)27-18-19-30(28-16-9-17-29(31)32(27)28)35(23-10-3-1-4-11-23)24-12-5-2-6-13-24/h1-19H. The third-order valence-electron chi connectivity index (χ3n) is 6.52. The number of hydrogen-bond acceptors (Lipinski definition) is 3. The highest BCUT2D eigenvalue weighted by atomic mass is 15.1. The Labute approximate surface area is 203 Å². The average Bonchev–Trinajstić information content (AvgIpc) is 2.93. The summed E-state index contributed by atoms with van der Waals surface area (Å²) >= 11 is 0. The molecule has 162 valence electrons. The molecule has 0 bridgehead atoms. The number of hydrogen-bond donors (Lipinski definition) is 0. The summed E-state index contributed by atoms with van der Waals surface area (Å²) in [6, 6.07) is 43.4. The Morgan fingerprint density at radius 2 is 1.03 bits per heavy atom. The van der Waals surface area contributed by atoms with Gasteiger partial charge in [0.25, 0.3) is 0 Å². The van der Waals surface area contributed by atoms with Crippen molar-refractivity contribution >= 4 is 55.0 Å². The Balaban J connectivity index is 1.81. The van der Waals surface area contributed by atoms with Crippen molar-refractivity contribution in [2.75, 3.05) is 4.90 Å². The maximum Gasteiger partial charge on any atom is 0.138 e. The van der Waals surface area contributed by atoms with Crippen LogP contribution in [0.4, 0.5) is 17.1 Å². The van der Waals surface area contributed by atoms with E-state index in [1.807, 2.05) is 66.7 Å². The first kappa shape index (κ1) is 20.5. The summed E-state index contributed by atoms with van der Waals surface area (Å²) in [6.45, 7) is 0. The van der Waals surface area contributed by atoms with E-state index in [4.69, 9.17) is 0 Å². The second kappa shape index (κ2) is 8.34. The maximum atomic E-state index is 9.81. The Hall–Kier alpha value is -5.12. The molecule has 35 heavy (non-hydrogen) atoms. The van der Waals surface area contributed by atoms with E-state index < -0.39 is 0 Å². The van der Waals surface area contributed by atoms with Crippen molar-refractivity contribution in [1.29, 1.82) is 10.5 Å². The van der Waals surface area contributed by atoms with Crippen molar-refractivity contribution in [3.8, 4) is 12.1 Å². The van der Waals surface area contributed by atoms with Gasteiger partial charge in [0, 0.05) is 22.0 Å². The first-order chi connectivity index (χ1) is 17.3. The van der Waals surface area contributed by atoms with E-state index >= 15 is 0 Å². The molecule has 3 heteroatoms. The van der Waals surface area contributed by atoms with Crippen LogP contribution in [0, 0.1) is 22.7 Å². The van der Waals surface area contributed by atoms with Gasteiger partial charge in [-0.1, -0.05) is 84.9 Å². The van der Waals surface area contributed by atoms with Gasteiger partial charge in [-0.05, 0) is 57.3 Å². The second-order valence-corrected chi connectivity index (χ2v) is 8.39. The molecule has 6 rings (SSSR count). The molecule has 3 nitrogen and oxygen atoms in total. The minimum absolute atomic E-state index is 0.129. The lowest BCUT2D eigenvalue weighted by Gasteiger charge is -2.27. The largest absolute Gasteiger partial charge is 0.310 e. The molecule has 0 unspecified atom stereocenters. The molecule has 0 saturated carbocycles. The number of rotatable bonds is 3. The molecule has 0 saturated heterocycles. The van der Waals surface area contributed by atoms with Crippen molar-refractivity contribution in [3.63, 3.8) is 0 Å². The molecule has 0 fully saturated rings. The number of nitriles is 2. The van der Waals surface area contributed by atoms with Gasteiger partial charge in [-0.3, -0.25) is 0 Å². The van der Waals surface area contributed by atoms with Crippen LogP contribution in [-0.4, -0.2) is 0 Å². The highest BCUT2D eigenvalue weighted by Crippen LogP contribution is 2.42. The highest BCUT2D eigenvalue weighted by Gasteiger charge is 2.19. The fourth-order valence-electron chi connectivity index (χ4n) is 5.09. The lowest BCUT2D eigenvalue weighted by molar-refractivity contribution is 1.30. The molecule has 0 aliphatic heterocycles. The maximum absolute atomic E-state index is 9.81. The van der Waals surface area contributed by atoms with Gasteiger partial charge in [-0.15, -0.1) is 0 Å². The number of nitrogens with zero attached hydrogens (tertiary/aromatic N) is 3. The Morgan fingerprint density at radius 1 is 0.486 bits per heavy atom. The zero-order valence-corrected chi connectivity index (χ0v) is 18.8. The van der Waals surface area contributed by atoms with Gasteiger partial charge in [-0.25, -0.2) is 0 Å². The number of para-hydroxylation sites is 2. The summed E-state index contributed by atoms with van der Waals surface area (Å²) in [4.78, 5) is 2.25. The molecule has 0 atom stereocenters. The fourth-order valence-corrected chi connectivity index (χ4v) is 5.09. The monoisotopic (exact) mass is 445 g/mol. The molecule has 0 aliphatic carbocycles. The Kier molecular flexibility index (Phi) is 4.88. The molecule has 0 aliphatic rings. The number of fused-ring (bicyclic) bond motifs is 2. The first-order valence-electron chi connectivity index (χ1n) is 11.4. The van der Waals surface area contributed by atoms with Crippen molar-refractivity contribution in [2.24, 2.45) is 0 Å². The Bertz CT molecular complexity index is 1800. The van der Waals surface area contributed by atoms with Crippen LogP contribution in [0.2, 0.25) is 0 Å². The summed E-state index contributed by atoms with van der Waals surface area (Å²) in [6.07, 6.45) is 0. The zero-order valence-electron chi connectivity index (χ0n) is 18.8. The van der Waals surface area contributed by atoms with E-state index in [2.05, 4.69) is 65.6 Å². The average molecular weight is 446 g/mol. The first-order valence-corrected chi connectivity index (χ1v) is 11.4. The van der Waals surface area contributed by atoms with Crippen LogP contribution in [0.5, 0.6) is 0 Å². The summed E-state index contributed by atoms with van der Waals surface area (Å²) in [5.41, 5.74) is 3.28. The van der Waals surface area contributed by atoms with Gasteiger partial charge in [0.15, 0.2) is 0 Å². The summed E-state index contributed by atoms with van der Waals surface area (Å²) in [5, 5.41) is 26.4. The van der Waals surface area contributed by atoms with Gasteiger partial charge < -0.3 is 4.90 Å². The highest BCUT2D eigenvalue weighted by molar-refractivity contribution is 6.25. The number of benzene rings is 6. The van der Waals surface area contributed by atoms with E-state index in [-0.39, 0.29) is 5.57 Å². The van der Waals surface area contributed by atoms with Crippen LogP contribution in [-0.2, 0) is 0 Å². The lowest BCUT2D eigenvalue weighted by Crippen LogP contribution is -2.12. The van der Waals surface area contributed by atoms with Crippen molar-refractivity contribution in [3.05, 3.63) is 120 Å². The normalized spacial score (nSPS) is 10.8. The van der Waals surface area contributed by atoms with Gasteiger partial charge >= 0.3 is 0 Å². The molecule has 0 radical (unpaired) electrons. The van der Waals surface area contributed by atoms with Crippen LogP contribution >= 0.6 is 0 Å². The molecule has 0 spiro atoms. The number of anilines is 3. The fraction of sp³-hybridized carbons (Fsp3) is 0. The molecule has 0 heterocycles. The molecule has 0 aromatic heterocycles. The molecule has 6 aromatic rings. The van der Waals surface area contributed by atoms with Crippen LogP contribution in [0.3, 0.4) is 0 Å². The Morgan fingerprint density at radius 3 is 1.66 bits per heavy atom. The van der Waals surface area contributed by atoms with E-state index in [0.717, 1.165) is 49.4 Å². The smallest absolute Gasteiger partial charge is 0.138 e. The van der Waals surface area contributed by atoms with E-state index in [0.29, 0.717) is 5.22 Å². The van der Waals surface area contributed by atoms with Gasteiger partial charge in [-0.2, -0.15) is 10.5 Å². The minimum atomic E-state index is 0.129. The van der Waals surface area contributed by atoms with Crippen LogP contribution in [0.15, 0.2) is 115 Å². The zero-order chi connectivity index (χ0) is 23.8. The lowest BCUT2D eigenvalue weighted by atomic mass is 9.90. The molecule has 6 aromatic carbocycles. The minimum Gasteiger partial charge on any atom is -0.310 e. The summed E-state index contributed by atoms with van der Waals surface area (Å²) < 4.78 is 0. The molecule has 0 N–H and O–H groups in total.